The number of ether oxygens (including phenoxy) is 1. The van der Waals surface area contributed by atoms with E-state index in [2.05, 4.69) is 21.4 Å². The van der Waals surface area contributed by atoms with Gasteiger partial charge in [0.2, 0.25) is 0 Å². The standard InChI is InChI=1S/C25H26FN3O.C4H8O.C2H6.CH4.H2/c1-18(21-11-13-27-23(16-21)10-4-3-7-12-26)14-22-17-28-24(15-19(22)2)29-25(30)20-8-5-6-9-20;1-2-4-5-3-1;1-2;;/h4-5,8-11,13-17H,3,6-7,12H2,1-2H3,(H,28,29,30);1-4H2;1-2H3;1H4;1H/b10-4-,18-14+;;;;. The quantitative estimate of drug-likeness (QED) is 0.352. The zero-order valence-corrected chi connectivity index (χ0v) is 22.6. The molecule has 0 saturated carbocycles. The Morgan fingerprint density at radius 1 is 1.21 bits per heavy atom. The van der Waals surface area contributed by atoms with E-state index in [0.29, 0.717) is 24.2 Å². The molecule has 5 nitrogen and oxygen atoms in total. The average Bonchev–Trinajstić information content (AvgIpc) is 3.67. The maximum atomic E-state index is 12.2. The summed E-state index contributed by atoms with van der Waals surface area (Å²) in [6.45, 7) is 9.74. The lowest BCUT2D eigenvalue weighted by atomic mass is 10.0. The minimum Gasteiger partial charge on any atom is -0.381 e. The third-order valence-corrected chi connectivity index (χ3v) is 5.66. The number of carbonyl (C=O) groups excluding carboxylic acids is 1. The molecule has 3 heterocycles. The highest BCUT2D eigenvalue weighted by atomic mass is 19.1. The van der Waals surface area contributed by atoms with E-state index in [4.69, 9.17) is 4.74 Å². The van der Waals surface area contributed by atoms with Crippen molar-refractivity contribution >= 4 is 29.5 Å². The number of aromatic nitrogens is 2. The number of carbonyl (C=O) groups is 1. The summed E-state index contributed by atoms with van der Waals surface area (Å²) in [5, 5.41) is 2.84. The van der Waals surface area contributed by atoms with Crippen LogP contribution in [-0.2, 0) is 9.53 Å². The van der Waals surface area contributed by atoms with Crippen LogP contribution in [0.3, 0.4) is 0 Å². The van der Waals surface area contributed by atoms with Gasteiger partial charge in [0.1, 0.15) is 5.82 Å². The summed E-state index contributed by atoms with van der Waals surface area (Å²) in [6.07, 6.45) is 19.7. The first-order chi connectivity index (χ1) is 18.1. The second-order valence-electron chi connectivity index (χ2n) is 8.53. The van der Waals surface area contributed by atoms with Crippen LogP contribution in [0.15, 0.2) is 60.5 Å². The summed E-state index contributed by atoms with van der Waals surface area (Å²) >= 11 is 0. The van der Waals surface area contributed by atoms with Crippen molar-refractivity contribution < 1.29 is 15.3 Å². The fourth-order valence-corrected chi connectivity index (χ4v) is 3.61. The van der Waals surface area contributed by atoms with Crippen molar-refractivity contribution in [2.45, 2.75) is 67.2 Å². The topological polar surface area (TPSA) is 64.1 Å². The normalized spacial score (nSPS) is 14.1. The molecule has 4 rings (SSSR count). The summed E-state index contributed by atoms with van der Waals surface area (Å²) in [4.78, 5) is 20.9. The maximum Gasteiger partial charge on any atom is 0.256 e. The molecule has 1 N–H and O–H groups in total. The molecule has 6 heteroatoms. The summed E-state index contributed by atoms with van der Waals surface area (Å²) in [6, 6.07) is 5.85. The van der Waals surface area contributed by atoms with Crippen molar-refractivity contribution in [3.05, 3.63) is 82.9 Å². The Morgan fingerprint density at radius 2 is 1.97 bits per heavy atom. The highest BCUT2D eigenvalue weighted by Gasteiger charge is 2.10. The van der Waals surface area contributed by atoms with Crippen molar-refractivity contribution in [2.75, 3.05) is 25.2 Å². The van der Waals surface area contributed by atoms with Crippen molar-refractivity contribution in [2.24, 2.45) is 0 Å². The van der Waals surface area contributed by atoms with Crippen LogP contribution in [0.25, 0.3) is 17.7 Å². The summed E-state index contributed by atoms with van der Waals surface area (Å²) in [5.41, 5.74) is 5.67. The molecule has 0 atom stereocenters. The van der Waals surface area contributed by atoms with Crippen LogP contribution in [0.1, 0.15) is 84.1 Å². The molecule has 0 bridgehead atoms. The predicted octanol–water partition coefficient (Wildman–Crippen LogP) is 8.64. The number of nitrogens with zero attached hydrogens (tertiary/aromatic N) is 2. The van der Waals surface area contributed by atoms with Gasteiger partial charge in [0.05, 0.1) is 12.4 Å². The smallest absolute Gasteiger partial charge is 0.256 e. The van der Waals surface area contributed by atoms with Crippen LogP contribution in [0, 0.1) is 6.92 Å². The van der Waals surface area contributed by atoms with Crippen molar-refractivity contribution in [3.8, 4) is 0 Å². The third-order valence-electron chi connectivity index (χ3n) is 5.66. The van der Waals surface area contributed by atoms with E-state index < -0.39 is 0 Å². The van der Waals surface area contributed by atoms with E-state index in [1.807, 2.05) is 76.3 Å². The van der Waals surface area contributed by atoms with Gasteiger partial charge in [0.25, 0.3) is 5.91 Å². The molecule has 0 radical (unpaired) electrons. The number of nitrogens with one attached hydrogen (secondary N) is 1. The lowest BCUT2D eigenvalue weighted by molar-refractivity contribution is -0.112. The number of halogens is 1. The molecule has 2 aromatic heterocycles. The van der Waals surface area contributed by atoms with Crippen LogP contribution in [0.5, 0.6) is 0 Å². The van der Waals surface area contributed by atoms with Crippen LogP contribution >= 0.6 is 0 Å². The van der Waals surface area contributed by atoms with E-state index in [9.17, 15) is 9.18 Å². The van der Waals surface area contributed by atoms with E-state index in [1.54, 1.807) is 12.4 Å². The highest BCUT2D eigenvalue weighted by molar-refractivity contribution is 6.05. The lowest BCUT2D eigenvalue weighted by Crippen LogP contribution is -2.13. The number of hydrogen-bond acceptors (Lipinski definition) is 4. The molecule has 0 unspecified atom stereocenters. The van der Waals surface area contributed by atoms with Crippen molar-refractivity contribution in [1.82, 2.24) is 9.97 Å². The molecule has 208 valence electrons. The van der Waals surface area contributed by atoms with Crippen molar-refractivity contribution in [1.29, 1.82) is 0 Å². The Balaban J connectivity index is 0.00000142. The molecule has 1 fully saturated rings. The second-order valence-corrected chi connectivity index (χ2v) is 8.53. The highest BCUT2D eigenvalue weighted by Crippen LogP contribution is 2.22. The molecule has 38 heavy (non-hydrogen) atoms. The number of unbranched alkanes of at least 4 members (excludes halogenated alkanes) is 1. The molecule has 1 amide bonds. The Labute approximate surface area is 230 Å². The van der Waals surface area contributed by atoms with Gasteiger partial charge in [-0.05, 0) is 98.6 Å². The average molecular weight is 524 g/mol. The van der Waals surface area contributed by atoms with Gasteiger partial charge in [-0.3, -0.25) is 14.2 Å². The lowest BCUT2D eigenvalue weighted by Gasteiger charge is -2.08. The zero-order chi connectivity index (χ0) is 26.9. The molecule has 1 aliphatic carbocycles. The number of pyridine rings is 2. The van der Waals surface area contributed by atoms with Crippen LogP contribution < -0.4 is 5.32 Å². The van der Waals surface area contributed by atoms with Gasteiger partial charge in [-0.1, -0.05) is 45.6 Å². The Kier molecular flexibility index (Phi) is 16.2. The number of allylic oxidation sites excluding steroid dienone is 4. The molecule has 1 saturated heterocycles. The first-order valence-corrected chi connectivity index (χ1v) is 13.2. The minimum atomic E-state index is -0.301. The number of anilines is 1. The first-order valence-electron chi connectivity index (χ1n) is 13.2. The Hall–Kier alpha value is -3.38. The van der Waals surface area contributed by atoms with Crippen LogP contribution in [-0.4, -0.2) is 35.8 Å². The fraction of sp³-hybridized carbons (Fsp3) is 0.406. The largest absolute Gasteiger partial charge is 0.381 e. The van der Waals surface area contributed by atoms with E-state index in [0.717, 1.165) is 47.6 Å². The van der Waals surface area contributed by atoms with Gasteiger partial charge in [-0.25, -0.2) is 4.98 Å². The molecular formula is C32H46FN3O2. The van der Waals surface area contributed by atoms with Crippen LogP contribution in [0.4, 0.5) is 10.2 Å². The van der Waals surface area contributed by atoms with Gasteiger partial charge in [-0.2, -0.15) is 0 Å². The number of rotatable bonds is 8. The number of alkyl halides is 1. The molecule has 2 aliphatic rings. The fourth-order valence-electron chi connectivity index (χ4n) is 3.61. The summed E-state index contributed by atoms with van der Waals surface area (Å²) < 4.78 is 17.1. The minimum absolute atomic E-state index is 0. The van der Waals surface area contributed by atoms with Crippen molar-refractivity contribution in [3.63, 3.8) is 0 Å². The summed E-state index contributed by atoms with van der Waals surface area (Å²) in [7, 11) is 0. The molecule has 0 spiro atoms. The van der Waals surface area contributed by atoms with Gasteiger partial charge in [0, 0.05) is 32.6 Å². The van der Waals surface area contributed by atoms with Gasteiger partial charge < -0.3 is 10.1 Å². The Morgan fingerprint density at radius 3 is 2.58 bits per heavy atom. The Bertz CT molecular complexity index is 1110. The monoisotopic (exact) mass is 523 g/mol. The van der Waals surface area contributed by atoms with Gasteiger partial charge in [0.15, 0.2) is 0 Å². The molecule has 2 aromatic rings. The number of hydrogen-bond donors (Lipinski definition) is 1. The second kappa shape index (κ2) is 18.8. The zero-order valence-electron chi connectivity index (χ0n) is 22.6. The predicted molar refractivity (Wildman–Crippen MR) is 162 cm³/mol. The molecule has 1 aliphatic heterocycles. The van der Waals surface area contributed by atoms with Gasteiger partial charge in [-0.15, -0.1) is 0 Å². The van der Waals surface area contributed by atoms with Crippen LogP contribution in [0.2, 0.25) is 0 Å². The summed E-state index contributed by atoms with van der Waals surface area (Å²) in [5.74, 6) is 0.400. The maximum absolute atomic E-state index is 12.2. The van der Waals surface area contributed by atoms with Gasteiger partial charge >= 0.3 is 0 Å². The molecule has 0 aromatic carbocycles. The van der Waals surface area contributed by atoms with E-state index >= 15 is 0 Å². The SMILES string of the molecule is C.C/C(=C\c1cnc(NC(=O)C2=CCC=C2)cc1C)c1ccnc(/C=C\CCCF)c1.C1CCOC1.CC.[HH]. The third kappa shape index (κ3) is 11.3. The number of aryl methyl sites for hydroxylation is 1. The molecular weight excluding hydrogens is 477 g/mol. The van der Waals surface area contributed by atoms with E-state index in [-0.39, 0.29) is 21.4 Å². The van der Waals surface area contributed by atoms with E-state index in [1.165, 1.54) is 12.8 Å². The first kappa shape index (κ1) is 32.6. The number of amides is 1.